The van der Waals surface area contributed by atoms with Crippen LogP contribution in [0.2, 0.25) is 0 Å². The van der Waals surface area contributed by atoms with Gasteiger partial charge in [-0.3, -0.25) is 4.79 Å². The molecule has 0 saturated heterocycles. The number of carbonyl (C=O) groups is 1. The average Bonchev–Trinajstić information content (AvgIpc) is 3.46. The number of ether oxygens (including phenoxy) is 1. The van der Waals surface area contributed by atoms with Gasteiger partial charge in [-0.1, -0.05) is 30.3 Å². The molecule has 27 heavy (non-hydrogen) atoms. The highest BCUT2D eigenvalue weighted by Gasteiger charge is 2.44. The molecule has 3 unspecified atom stereocenters. The van der Waals surface area contributed by atoms with Gasteiger partial charge in [-0.25, -0.2) is 0 Å². The van der Waals surface area contributed by atoms with E-state index in [2.05, 4.69) is 5.32 Å². The third-order valence-corrected chi connectivity index (χ3v) is 5.31. The fourth-order valence-electron chi connectivity index (χ4n) is 3.67. The molecule has 2 aromatic carbocycles. The summed E-state index contributed by atoms with van der Waals surface area (Å²) in [7, 11) is 0. The molecule has 1 N–H and O–H groups in total. The maximum absolute atomic E-state index is 12.6. The van der Waals surface area contributed by atoms with Crippen LogP contribution in [0.4, 0.5) is 13.2 Å². The van der Waals surface area contributed by atoms with E-state index in [0.717, 1.165) is 35.4 Å². The summed E-state index contributed by atoms with van der Waals surface area (Å²) in [5.74, 6) is 0.963. The molecule has 1 fully saturated rings. The summed E-state index contributed by atoms with van der Waals surface area (Å²) >= 11 is 0. The summed E-state index contributed by atoms with van der Waals surface area (Å²) in [6.45, 7) is 1.12. The lowest BCUT2D eigenvalue weighted by Gasteiger charge is -2.25. The summed E-state index contributed by atoms with van der Waals surface area (Å²) in [5, 5.41) is 2.98. The van der Waals surface area contributed by atoms with Gasteiger partial charge in [0, 0.05) is 18.4 Å². The van der Waals surface area contributed by atoms with Crippen LogP contribution in [0, 0.1) is 11.8 Å². The standard InChI is InChI=1S/C21H20F3NO2/c22-21(23,24)16-7-5-14(6-8-16)17-10-18(17)20(26)25-11-13-9-15-3-1-2-4-19(15)27-12-13/h1-8,13,17-18H,9-12H2,(H,25,26). The first kappa shape index (κ1) is 17.9. The number of amides is 1. The Labute approximate surface area is 155 Å². The topological polar surface area (TPSA) is 38.3 Å². The SMILES string of the molecule is O=C(NCC1COc2ccccc2C1)C1CC1c1ccc(C(F)(F)F)cc1. The number of halogens is 3. The number of carbonyl (C=O) groups excluding carboxylic acids is 1. The van der Waals surface area contributed by atoms with Crippen molar-refractivity contribution < 1.29 is 22.7 Å². The number of nitrogens with one attached hydrogen (secondary N) is 1. The maximum Gasteiger partial charge on any atom is 0.416 e. The minimum Gasteiger partial charge on any atom is -0.493 e. The van der Waals surface area contributed by atoms with Crippen LogP contribution in [0.1, 0.15) is 29.0 Å². The molecule has 0 aromatic heterocycles. The van der Waals surface area contributed by atoms with Crippen LogP contribution in [-0.4, -0.2) is 19.1 Å². The van der Waals surface area contributed by atoms with E-state index in [4.69, 9.17) is 4.74 Å². The van der Waals surface area contributed by atoms with Gasteiger partial charge < -0.3 is 10.1 Å². The van der Waals surface area contributed by atoms with E-state index in [1.54, 1.807) is 0 Å². The van der Waals surface area contributed by atoms with Crippen molar-refractivity contribution in [2.45, 2.75) is 24.9 Å². The molecule has 0 spiro atoms. The summed E-state index contributed by atoms with van der Waals surface area (Å²) in [4.78, 5) is 12.4. The number of fused-ring (bicyclic) bond motifs is 1. The third kappa shape index (κ3) is 3.94. The number of para-hydroxylation sites is 1. The quantitative estimate of drug-likeness (QED) is 0.871. The average molecular weight is 375 g/mol. The van der Waals surface area contributed by atoms with Gasteiger partial charge in [0.15, 0.2) is 0 Å². The Hall–Kier alpha value is -2.50. The molecule has 3 atom stereocenters. The van der Waals surface area contributed by atoms with Crippen molar-refractivity contribution in [1.82, 2.24) is 5.32 Å². The Morgan fingerprint density at radius 1 is 1.11 bits per heavy atom. The number of hydrogen-bond donors (Lipinski definition) is 1. The molecule has 142 valence electrons. The number of benzene rings is 2. The van der Waals surface area contributed by atoms with Crippen molar-refractivity contribution >= 4 is 5.91 Å². The molecule has 1 amide bonds. The molecule has 6 heteroatoms. The van der Waals surface area contributed by atoms with Crippen molar-refractivity contribution in [2.75, 3.05) is 13.2 Å². The first-order valence-electron chi connectivity index (χ1n) is 9.07. The Morgan fingerprint density at radius 2 is 1.85 bits per heavy atom. The van der Waals surface area contributed by atoms with Gasteiger partial charge in [0.1, 0.15) is 5.75 Å². The molecule has 4 rings (SSSR count). The highest BCUT2D eigenvalue weighted by atomic mass is 19.4. The Bertz CT molecular complexity index is 832. The van der Waals surface area contributed by atoms with Crippen LogP contribution in [0.25, 0.3) is 0 Å². The van der Waals surface area contributed by atoms with Crippen LogP contribution in [0.15, 0.2) is 48.5 Å². The first-order valence-corrected chi connectivity index (χ1v) is 9.07. The van der Waals surface area contributed by atoms with Crippen LogP contribution < -0.4 is 10.1 Å². The van der Waals surface area contributed by atoms with Gasteiger partial charge >= 0.3 is 6.18 Å². The van der Waals surface area contributed by atoms with Crippen LogP contribution >= 0.6 is 0 Å². The lowest BCUT2D eigenvalue weighted by molar-refractivity contribution is -0.137. The normalized spacial score (nSPS) is 23.9. The van der Waals surface area contributed by atoms with Gasteiger partial charge in [-0.2, -0.15) is 13.2 Å². The van der Waals surface area contributed by atoms with E-state index in [1.807, 2.05) is 24.3 Å². The maximum atomic E-state index is 12.6. The van der Waals surface area contributed by atoms with E-state index >= 15 is 0 Å². The van der Waals surface area contributed by atoms with Gasteiger partial charge in [0.2, 0.25) is 5.91 Å². The second kappa shape index (κ2) is 6.91. The lowest BCUT2D eigenvalue weighted by Crippen LogP contribution is -2.35. The van der Waals surface area contributed by atoms with Gasteiger partial charge in [0.05, 0.1) is 12.2 Å². The molecule has 0 radical (unpaired) electrons. The zero-order valence-corrected chi connectivity index (χ0v) is 14.6. The van der Waals surface area contributed by atoms with E-state index in [0.29, 0.717) is 19.6 Å². The van der Waals surface area contributed by atoms with Crippen LogP contribution in [-0.2, 0) is 17.4 Å². The fraction of sp³-hybridized carbons (Fsp3) is 0.381. The number of alkyl halides is 3. The zero-order valence-electron chi connectivity index (χ0n) is 14.6. The Kier molecular flexibility index (Phi) is 4.58. The second-order valence-corrected chi connectivity index (χ2v) is 7.30. The zero-order chi connectivity index (χ0) is 19.0. The Morgan fingerprint density at radius 3 is 2.59 bits per heavy atom. The van der Waals surface area contributed by atoms with Crippen LogP contribution in [0.3, 0.4) is 0 Å². The molecule has 1 saturated carbocycles. The van der Waals surface area contributed by atoms with Gasteiger partial charge in [0.25, 0.3) is 0 Å². The van der Waals surface area contributed by atoms with Crippen molar-refractivity contribution in [3.05, 3.63) is 65.2 Å². The fourth-order valence-corrected chi connectivity index (χ4v) is 3.67. The summed E-state index contributed by atoms with van der Waals surface area (Å²) in [6, 6.07) is 13.0. The first-order chi connectivity index (χ1) is 12.9. The molecule has 0 bridgehead atoms. The molecule has 2 aromatic rings. The van der Waals surface area contributed by atoms with Gasteiger partial charge in [-0.05, 0) is 48.1 Å². The molecule has 1 aliphatic heterocycles. The summed E-state index contributed by atoms with van der Waals surface area (Å²) < 4.78 is 43.6. The summed E-state index contributed by atoms with van der Waals surface area (Å²) in [6.07, 6.45) is -2.79. The second-order valence-electron chi connectivity index (χ2n) is 7.30. The predicted octanol–water partition coefficient (Wildman–Crippen LogP) is 4.18. The molecule has 1 heterocycles. The molecule has 2 aliphatic rings. The smallest absolute Gasteiger partial charge is 0.416 e. The predicted molar refractivity (Wildman–Crippen MR) is 94.4 cm³/mol. The highest BCUT2D eigenvalue weighted by Crippen LogP contribution is 2.48. The monoisotopic (exact) mass is 375 g/mol. The molecule has 1 aliphatic carbocycles. The van der Waals surface area contributed by atoms with Crippen LogP contribution in [0.5, 0.6) is 5.75 Å². The lowest BCUT2D eigenvalue weighted by atomic mass is 9.96. The van der Waals surface area contributed by atoms with E-state index in [1.165, 1.54) is 12.1 Å². The molecular weight excluding hydrogens is 355 g/mol. The van der Waals surface area contributed by atoms with Crippen molar-refractivity contribution in [1.29, 1.82) is 0 Å². The van der Waals surface area contributed by atoms with Crippen molar-refractivity contribution in [3.63, 3.8) is 0 Å². The third-order valence-electron chi connectivity index (χ3n) is 5.31. The summed E-state index contributed by atoms with van der Waals surface area (Å²) in [5.41, 5.74) is 1.28. The number of hydrogen-bond acceptors (Lipinski definition) is 2. The highest BCUT2D eigenvalue weighted by molar-refractivity contribution is 5.82. The molecule has 3 nitrogen and oxygen atoms in total. The van der Waals surface area contributed by atoms with Gasteiger partial charge in [-0.15, -0.1) is 0 Å². The van der Waals surface area contributed by atoms with Crippen molar-refractivity contribution in [3.8, 4) is 5.75 Å². The Balaban J connectivity index is 1.28. The minimum absolute atomic E-state index is 0.00983. The number of rotatable bonds is 4. The molecular formula is C21H20F3NO2. The van der Waals surface area contributed by atoms with E-state index in [-0.39, 0.29) is 23.7 Å². The van der Waals surface area contributed by atoms with E-state index < -0.39 is 11.7 Å². The minimum atomic E-state index is -4.33. The van der Waals surface area contributed by atoms with E-state index in [9.17, 15) is 18.0 Å². The van der Waals surface area contributed by atoms with Crippen molar-refractivity contribution in [2.24, 2.45) is 11.8 Å². The largest absolute Gasteiger partial charge is 0.493 e.